The van der Waals surface area contributed by atoms with E-state index in [1.807, 2.05) is 20.8 Å². The predicted octanol–water partition coefficient (Wildman–Crippen LogP) is 0.00410. The van der Waals surface area contributed by atoms with E-state index in [-0.39, 0.29) is 12.0 Å². The molecule has 1 saturated heterocycles. The van der Waals surface area contributed by atoms with Crippen LogP contribution in [0.4, 0.5) is 4.79 Å². The van der Waals surface area contributed by atoms with E-state index in [9.17, 15) is 9.59 Å². The van der Waals surface area contributed by atoms with Gasteiger partial charge in [-0.15, -0.1) is 0 Å². The SMILES string of the molecule is CC(C)(C)OC(=O)N1CCCN(CC(=O)NCCN)CC1. The molecular weight excluding hydrogens is 272 g/mol. The highest BCUT2D eigenvalue weighted by Gasteiger charge is 2.24. The highest BCUT2D eigenvalue weighted by Crippen LogP contribution is 2.12. The smallest absolute Gasteiger partial charge is 0.410 e. The van der Waals surface area contributed by atoms with E-state index in [2.05, 4.69) is 10.2 Å². The molecule has 0 radical (unpaired) electrons. The van der Waals surface area contributed by atoms with Crippen molar-refractivity contribution >= 4 is 12.0 Å². The predicted molar refractivity (Wildman–Crippen MR) is 80.9 cm³/mol. The molecule has 7 heteroatoms. The summed E-state index contributed by atoms with van der Waals surface area (Å²) < 4.78 is 5.38. The third-order valence-electron chi connectivity index (χ3n) is 3.07. The van der Waals surface area contributed by atoms with E-state index in [0.29, 0.717) is 39.3 Å². The third-order valence-corrected chi connectivity index (χ3v) is 3.07. The first-order valence-electron chi connectivity index (χ1n) is 7.49. The van der Waals surface area contributed by atoms with Gasteiger partial charge in [-0.1, -0.05) is 0 Å². The lowest BCUT2D eigenvalue weighted by Gasteiger charge is -2.26. The van der Waals surface area contributed by atoms with Gasteiger partial charge in [0.05, 0.1) is 6.54 Å². The van der Waals surface area contributed by atoms with E-state index in [4.69, 9.17) is 10.5 Å². The lowest BCUT2D eigenvalue weighted by atomic mass is 10.2. The highest BCUT2D eigenvalue weighted by molar-refractivity contribution is 5.78. The standard InChI is InChI=1S/C14H28N4O3/c1-14(2,3)21-13(20)18-8-4-7-17(9-10-18)11-12(19)16-6-5-15/h4-11,15H2,1-3H3,(H,16,19). The number of nitrogens with two attached hydrogens (primary N) is 1. The summed E-state index contributed by atoms with van der Waals surface area (Å²) in [7, 11) is 0. The summed E-state index contributed by atoms with van der Waals surface area (Å²) in [6.45, 7) is 9.58. The van der Waals surface area contributed by atoms with E-state index >= 15 is 0 Å². The van der Waals surface area contributed by atoms with Crippen molar-refractivity contribution in [1.29, 1.82) is 0 Å². The quantitative estimate of drug-likeness (QED) is 0.763. The van der Waals surface area contributed by atoms with Crippen molar-refractivity contribution in [3.63, 3.8) is 0 Å². The first-order chi connectivity index (χ1) is 9.81. The maximum absolute atomic E-state index is 12.0. The molecule has 1 aliphatic heterocycles. The van der Waals surface area contributed by atoms with Crippen molar-refractivity contribution in [1.82, 2.24) is 15.1 Å². The topological polar surface area (TPSA) is 87.9 Å². The van der Waals surface area contributed by atoms with Crippen LogP contribution in [-0.2, 0) is 9.53 Å². The van der Waals surface area contributed by atoms with E-state index < -0.39 is 5.60 Å². The van der Waals surface area contributed by atoms with E-state index in [1.165, 1.54) is 0 Å². The molecule has 7 nitrogen and oxygen atoms in total. The van der Waals surface area contributed by atoms with Gasteiger partial charge in [0.1, 0.15) is 5.60 Å². The number of carbonyl (C=O) groups excluding carboxylic acids is 2. The van der Waals surface area contributed by atoms with E-state index in [0.717, 1.165) is 13.0 Å². The van der Waals surface area contributed by atoms with Gasteiger partial charge < -0.3 is 20.7 Å². The summed E-state index contributed by atoms with van der Waals surface area (Å²) >= 11 is 0. The minimum Gasteiger partial charge on any atom is -0.444 e. The van der Waals surface area contributed by atoms with Gasteiger partial charge in [0.15, 0.2) is 0 Å². The highest BCUT2D eigenvalue weighted by atomic mass is 16.6. The second kappa shape index (κ2) is 8.19. The van der Waals surface area contributed by atoms with Crippen molar-refractivity contribution < 1.29 is 14.3 Å². The van der Waals surface area contributed by atoms with Crippen LogP contribution < -0.4 is 11.1 Å². The van der Waals surface area contributed by atoms with Crippen LogP contribution in [0.5, 0.6) is 0 Å². The van der Waals surface area contributed by atoms with E-state index in [1.54, 1.807) is 4.90 Å². The fourth-order valence-corrected chi connectivity index (χ4v) is 2.11. The number of hydrogen-bond acceptors (Lipinski definition) is 5. The number of nitrogens with zero attached hydrogens (tertiary/aromatic N) is 2. The van der Waals surface area contributed by atoms with Gasteiger partial charge in [-0.2, -0.15) is 0 Å². The Bertz CT molecular complexity index is 355. The summed E-state index contributed by atoms with van der Waals surface area (Å²) in [5.74, 6) is -0.0221. The average molecular weight is 300 g/mol. The number of hydrogen-bond donors (Lipinski definition) is 2. The average Bonchev–Trinajstić information content (AvgIpc) is 2.60. The summed E-state index contributed by atoms with van der Waals surface area (Å²) in [6.07, 6.45) is 0.556. The lowest BCUT2D eigenvalue weighted by Crippen LogP contribution is -2.42. The van der Waals surface area contributed by atoms with Gasteiger partial charge in [-0.25, -0.2) is 4.79 Å². The Labute approximate surface area is 126 Å². The second-order valence-corrected chi connectivity index (χ2v) is 6.24. The zero-order valence-electron chi connectivity index (χ0n) is 13.4. The van der Waals surface area contributed by atoms with Crippen LogP contribution in [0.3, 0.4) is 0 Å². The Hall–Kier alpha value is -1.34. The van der Waals surface area contributed by atoms with Crippen molar-refractivity contribution in [2.75, 3.05) is 45.8 Å². The van der Waals surface area contributed by atoms with Gasteiger partial charge in [0, 0.05) is 39.3 Å². The number of ether oxygens (including phenoxy) is 1. The molecule has 0 unspecified atom stereocenters. The molecule has 1 rings (SSSR count). The molecule has 0 aromatic heterocycles. The van der Waals surface area contributed by atoms with Crippen molar-refractivity contribution in [3.8, 4) is 0 Å². The lowest BCUT2D eigenvalue weighted by molar-refractivity contribution is -0.122. The zero-order valence-corrected chi connectivity index (χ0v) is 13.4. The molecule has 2 amide bonds. The maximum Gasteiger partial charge on any atom is 0.410 e. The van der Waals surface area contributed by atoms with Crippen LogP contribution in [0.1, 0.15) is 27.2 Å². The Morgan fingerprint density at radius 3 is 2.52 bits per heavy atom. The first-order valence-corrected chi connectivity index (χ1v) is 7.49. The van der Waals surface area contributed by atoms with Gasteiger partial charge in [0.2, 0.25) is 5.91 Å². The molecule has 21 heavy (non-hydrogen) atoms. The summed E-state index contributed by atoms with van der Waals surface area (Å²) in [5, 5.41) is 2.75. The Kier molecular flexibility index (Phi) is 6.91. The van der Waals surface area contributed by atoms with Crippen LogP contribution in [-0.4, -0.2) is 73.2 Å². The minimum absolute atomic E-state index is 0.0221. The largest absolute Gasteiger partial charge is 0.444 e. The first kappa shape index (κ1) is 17.7. The summed E-state index contributed by atoms with van der Waals surface area (Å²) in [6, 6.07) is 0. The molecule has 0 aromatic carbocycles. The molecule has 0 saturated carbocycles. The molecule has 1 aliphatic rings. The number of rotatable bonds is 4. The normalized spacial score (nSPS) is 17.2. The molecular formula is C14H28N4O3. The van der Waals surface area contributed by atoms with Crippen LogP contribution in [0.25, 0.3) is 0 Å². The molecule has 0 aliphatic carbocycles. The molecule has 122 valence electrons. The van der Waals surface area contributed by atoms with Crippen molar-refractivity contribution in [3.05, 3.63) is 0 Å². The fraction of sp³-hybridized carbons (Fsp3) is 0.857. The monoisotopic (exact) mass is 300 g/mol. The van der Waals surface area contributed by atoms with Crippen LogP contribution in [0.2, 0.25) is 0 Å². The Morgan fingerprint density at radius 1 is 1.19 bits per heavy atom. The maximum atomic E-state index is 12.0. The molecule has 0 spiro atoms. The third kappa shape index (κ3) is 7.29. The molecule has 3 N–H and O–H groups in total. The number of amides is 2. The molecule has 0 bridgehead atoms. The van der Waals surface area contributed by atoms with Crippen LogP contribution in [0.15, 0.2) is 0 Å². The summed E-state index contributed by atoms with van der Waals surface area (Å²) in [5.41, 5.74) is 4.87. The van der Waals surface area contributed by atoms with Gasteiger partial charge in [-0.05, 0) is 27.2 Å². The summed E-state index contributed by atoms with van der Waals surface area (Å²) in [4.78, 5) is 27.5. The van der Waals surface area contributed by atoms with Crippen molar-refractivity contribution in [2.24, 2.45) is 5.73 Å². The number of nitrogens with one attached hydrogen (secondary N) is 1. The molecule has 0 aromatic rings. The Morgan fingerprint density at radius 2 is 1.90 bits per heavy atom. The van der Waals surface area contributed by atoms with Gasteiger partial charge in [0.25, 0.3) is 0 Å². The molecule has 1 heterocycles. The Balaban J connectivity index is 2.39. The minimum atomic E-state index is -0.481. The van der Waals surface area contributed by atoms with Crippen LogP contribution >= 0.6 is 0 Å². The van der Waals surface area contributed by atoms with Gasteiger partial charge >= 0.3 is 6.09 Å². The fourth-order valence-electron chi connectivity index (χ4n) is 2.11. The van der Waals surface area contributed by atoms with Gasteiger partial charge in [-0.3, -0.25) is 9.69 Å². The zero-order chi connectivity index (χ0) is 15.9. The molecule has 1 fully saturated rings. The molecule has 0 atom stereocenters. The second-order valence-electron chi connectivity index (χ2n) is 6.24. The van der Waals surface area contributed by atoms with Crippen molar-refractivity contribution in [2.45, 2.75) is 32.8 Å². The van der Waals surface area contributed by atoms with Crippen LogP contribution in [0, 0.1) is 0 Å². The number of carbonyl (C=O) groups is 2.